The highest BCUT2D eigenvalue weighted by atomic mass is 19.1. The molecular formula is C17H13F2N3. The van der Waals surface area contributed by atoms with Crippen molar-refractivity contribution in [2.24, 2.45) is 5.10 Å². The molecule has 5 heteroatoms. The van der Waals surface area contributed by atoms with Gasteiger partial charge in [-0.1, -0.05) is 12.1 Å². The lowest BCUT2D eigenvalue weighted by atomic mass is 10.1. The normalized spacial score (nSPS) is 11.2. The molecule has 0 saturated carbocycles. The highest BCUT2D eigenvalue weighted by Gasteiger charge is 2.04. The second-order valence-corrected chi connectivity index (χ2v) is 4.90. The van der Waals surface area contributed by atoms with E-state index in [2.05, 4.69) is 15.5 Å². The molecule has 0 bridgehead atoms. The summed E-state index contributed by atoms with van der Waals surface area (Å²) in [6.45, 7) is 1.83. The SMILES string of the molecule is Cc1cc(NN=Cc2cccc(F)c2)c2ccc(F)cc2n1. The quantitative estimate of drug-likeness (QED) is 0.579. The van der Waals surface area contributed by atoms with Crippen LogP contribution in [0.4, 0.5) is 14.5 Å². The molecule has 3 rings (SSSR count). The van der Waals surface area contributed by atoms with E-state index in [1.165, 1.54) is 30.5 Å². The van der Waals surface area contributed by atoms with Crippen LogP contribution in [0.5, 0.6) is 0 Å². The second kappa shape index (κ2) is 5.89. The number of benzene rings is 2. The predicted molar refractivity (Wildman–Crippen MR) is 84.1 cm³/mol. The van der Waals surface area contributed by atoms with Crippen molar-refractivity contribution in [1.29, 1.82) is 0 Å². The Labute approximate surface area is 126 Å². The van der Waals surface area contributed by atoms with Crippen molar-refractivity contribution in [2.45, 2.75) is 6.92 Å². The summed E-state index contributed by atoms with van der Waals surface area (Å²) in [5.41, 5.74) is 5.58. The number of nitrogens with one attached hydrogen (secondary N) is 1. The first-order chi connectivity index (χ1) is 10.6. The summed E-state index contributed by atoms with van der Waals surface area (Å²) in [6.07, 6.45) is 1.52. The lowest BCUT2D eigenvalue weighted by molar-refractivity contribution is 0.627. The van der Waals surface area contributed by atoms with Gasteiger partial charge >= 0.3 is 0 Å². The van der Waals surface area contributed by atoms with Gasteiger partial charge in [-0.25, -0.2) is 8.78 Å². The lowest BCUT2D eigenvalue weighted by Gasteiger charge is -2.07. The molecule has 0 saturated heterocycles. The largest absolute Gasteiger partial charge is 0.278 e. The number of pyridine rings is 1. The third-order valence-electron chi connectivity index (χ3n) is 3.15. The molecule has 1 N–H and O–H groups in total. The van der Waals surface area contributed by atoms with Gasteiger partial charge in [-0.05, 0) is 42.8 Å². The van der Waals surface area contributed by atoms with E-state index >= 15 is 0 Å². The van der Waals surface area contributed by atoms with Crippen LogP contribution in [0.15, 0.2) is 53.6 Å². The van der Waals surface area contributed by atoms with Crippen LogP contribution in [0.25, 0.3) is 10.9 Å². The van der Waals surface area contributed by atoms with Crippen LogP contribution in [0, 0.1) is 18.6 Å². The number of halogens is 2. The van der Waals surface area contributed by atoms with Gasteiger partial charge in [0.25, 0.3) is 0 Å². The first kappa shape index (κ1) is 14.1. The molecule has 1 heterocycles. The van der Waals surface area contributed by atoms with E-state index in [1.807, 2.05) is 13.0 Å². The predicted octanol–water partition coefficient (Wildman–Crippen LogP) is 4.27. The Bertz CT molecular complexity index is 854. The molecule has 0 unspecified atom stereocenters. The van der Waals surface area contributed by atoms with Crippen LogP contribution >= 0.6 is 0 Å². The van der Waals surface area contributed by atoms with Crippen molar-refractivity contribution in [3.8, 4) is 0 Å². The maximum Gasteiger partial charge on any atom is 0.125 e. The zero-order valence-electron chi connectivity index (χ0n) is 11.8. The molecule has 0 spiro atoms. The van der Waals surface area contributed by atoms with Crippen molar-refractivity contribution < 1.29 is 8.78 Å². The van der Waals surface area contributed by atoms with Gasteiger partial charge in [0.15, 0.2) is 0 Å². The lowest BCUT2D eigenvalue weighted by Crippen LogP contribution is -1.95. The van der Waals surface area contributed by atoms with Gasteiger partial charge in [0.05, 0.1) is 17.4 Å². The first-order valence-electron chi connectivity index (χ1n) is 6.73. The van der Waals surface area contributed by atoms with E-state index < -0.39 is 0 Å². The fraction of sp³-hybridized carbons (Fsp3) is 0.0588. The van der Waals surface area contributed by atoms with E-state index in [1.54, 1.807) is 18.2 Å². The van der Waals surface area contributed by atoms with E-state index in [4.69, 9.17) is 0 Å². The van der Waals surface area contributed by atoms with Gasteiger partial charge in [-0.15, -0.1) is 0 Å². The molecular weight excluding hydrogens is 284 g/mol. The highest BCUT2D eigenvalue weighted by molar-refractivity contribution is 5.92. The topological polar surface area (TPSA) is 37.3 Å². The monoisotopic (exact) mass is 297 g/mol. The van der Waals surface area contributed by atoms with Gasteiger partial charge in [-0.2, -0.15) is 5.10 Å². The Morgan fingerprint density at radius 3 is 2.68 bits per heavy atom. The van der Waals surface area contributed by atoms with Crippen molar-refractivity contribution in [1.82, 2.24) is 4.98 Å². The molecule has 0 radical (unpaired) electrons. The summed E-state index contributed by atoms with van der Waals surface area (Å²) in [7, 11) is 0. The smallest absolute Gasteiger partial charge is 0.125 e. The van der Waals surface area contributed by atoms with Crippen LogP contribution in [0.1, 0.15) is 11.3 Å². The fourth-order valence-corrected chi connectivity index (χ4v) is 2.19. The van der Waals surface area contributed by atoms with Gasteiger partial charge < -0.3 is 0 Å². The Morgan fingerprint density at radius 1 is 1.05 bits per heavy atom. The van der Waals surface area contributed by atoms with E-state index in [0.717, 1.165) is 16.8 Å². The molecule has 0 amide bonds. The molecule has 3 aromatic rings. The maximum atomic E-state index is 13.3. The summed E-state index contributed by atoms with van der Waals surface area (Å²) in [6, 6.07) is 12.4. The summed E-state index contributed by atoms with van der Waals surface area (Å²) in [5, 5.41) is 4.87. The molecule has 0 aliphatic rings. The summed E-state index contributed by atoms with van der Waals surface area (Å²) in [4.78, 5) is 4.29. The van der Waals surface area contributed by atoms with Gasteiger partial charge in [-0.3, -0.25) is 10.4 Å². The molecule has 2 aromatic carbocycles. The Balaban J connectivity index is 1.90. The Hall–Kier alpha value is -2.82. The number of hydrogen-bond donors (Lipinski definition) is 1. The number of hydrogen-bond acceptors (Lipinski definition) is 3. The van der Waals surface area contributed by atoms with Crippen molar-refractivity contribution in [3.63, 3.8) is 0 Å². The van der Waals surface area contributed by atoms with E-state index in [9.17, 15) is 8.78 Å². The molecule has 0 atom stereocenters. The van der Waals surface area contributed by atoms with Crippen molar-refractivity contribution in [2.75, 3.05) is 5.43 Å². The standard InChI is InChI=1S/C17H13F2N3/c1-11-7-17(15-6-5-14(19)9-16(15)21-11)22-20-10-12-3-2-4-13(18)8-12/h2-10H,1H3,(H,21,22). The van der Waals surface area contributed by atoms with Crippen LogP contribution in [0.2, 0.25) is 0 Å². The van der Waals surface area contributed by atoms with Gasteiger partial charge in [0.2, 0.25) is 0 Å². The third kappa shape index (κ3) is 3.09. The van der Waals surface area contributed by atoms with Crippen LogP contribution in [-0.4, -0.2) is 11.2 Å². The van der Waals surface area contributed by atoms with Crippen LogP contribution in [0.3, 0.4) is 0 Å². The van der Waals surface area contributed by atoms with Gasteiger partial charge in [0.1, 0.15) is 11.6 Å². The minimum absolute atomic E-state index is 0.315. The number of aryl methyl sites for hydroxylation is 1. The summed E-state index contributed by atoms with van der Waals surface area (Å²) in [5.74, 6) is -0.649. The second-order valence-electron chi connectivity index (χ2n) is 4.90. The average Bonchev–Trinajstić information content (AvgIpc) is 2.46. The molecule has 0 fully saturated rings. The number of fused-ring (bicyclic) bond motifs is 1. The maximum absolute atomic E-state index is 13.3. The molecule has 0 aliphatic carbocycles. The van der Waals surface area contributed by atoms with Crippen LogP contribution < -0.4 is 5.43 Å². The Morgan fingerprint density at radius 2 is 1.86 bits per heavy atom. The zero-order valence-corrected chi connectivity index (χ0v) is 11.8. The van der Waals surface area contributed by atoms with E-state index in [0.29, 0.717) is 11.1 Å². The zero-order chi connectivity index (χ0) is 15.5. The molecule has 110 valence electrons. The number of hydrazone groups is 1. The minimum Gasteiger partial charge on any atom is -0.278 e. The molecule has 1 aromatic heterocycles. The number of anilines is 1. The number of nitrogens with zero attached hydrogens (tertiary/aromatic N) is 2. The summed E-state index contributed by atoms with van der Waals surface area (Å²) < 4.78 is 26.4. The van der Waals surface area contributed by atoms with Crippen LogP contribution in [-0.2, 0) is 0 Å². The first-order valence-corrected chi connectivity index (χ1v) is 6.73. The Kier molecular flexibility index (Phi) is 3.78. The van der Waals surface area contributed by atoms with Gasteiger partial charge in [0, 0.05) is 17.1 Å². The summed E-state index contributed by atoms with van der Waals surface area (Å²) >= 11 is 0. The average molecular weight is 297 g/mol. The molecule has 3 nitrogen and oxygen atoms in total. The van der Waals surface area contributed by atoms with Crippen molar-refractivity contribution >= 4 is 22.8 Å². The minimum atomic E-state index is -0.334. The number of aromatic nitrogens is 1. The fourth-order valence-electron chi connectivity index (χ4n) is 2.19. The van der Waals surface area contributed by atoms with Crippen molar-refractivity contribution in [3.05, 3.63) is 71.4 Å². The molecule has 22 heavy (non-hydrogen) atoms. The number of rotatable bonds is 3. The molecule has 0 aliphatic heterocycles. The third-order valence-corrected chi connectivity index (χ3v) is 3.15. The highest BCUT2D eigenvalue weighted by Crippen LogP contribution is 2.23. The van der Waals surface area contributed by atoms with E-state index in [-0.39, 0.29) is 11.6 Å².